The lowest BCUT2D eigenvalue weighted by Gasteiger charge is -2.11. The van der Waals surface area contributed by atoms with E-state index in [9.17, 15) is 4.79 Å². The number of carbonyl (C=O) groups is 1. The minimum Gasteiger partial charge on any atom is -0.496 e. The number of furan rings is 1. The van der Waals surface area contributed by atoms with Crippen molar-refractivity contribution in [2.75, 3.05) is 26.3 Å². The van der Waals surface area contributed by atoms with E-state index in [1.807, 2.05) is 43.3 Å². The standard InChI is InChI=1S/C27H23NO6/c1-16(10-27(29)28-17-8-9-23-26(11-17)34-15-33-23)19-12-20-21(14-32-25(20)13-24(19)31-3)18-6-4-5-7-22(18)30-2/h4-14H,15H2,1-3H3,(H,28,29)/b16-10+. The zero-order valence-electron chi connectivity index (χ0n) is 19.0. The molecule has 7 nitrogen and oxygen atoms in total. The van der Waals surface area contributed by atoms with E-state index >= 15 is 0 Å². The third kappa shape index (κ3) is 3.92. The first-order valence-electron chi connectivity index (χ1n) is 10.7. The monoisotopic (exact) mass is 457 g/mol. The largest absolute Gasteiger partial charge is 0.496 e. The van der Waals surface area contributed by atoms with E-state index in [1.165, 1.54) is 6.08 Å². The van der Waals surface area contributed by atoms with Crippen LogP contribution in [-0.2, 0) is 4.79 Å². The van der Waals surface area contributed by atoms with Crippen LogP contribution in [0.4, 0.5) is 5.69 Å². The van der Waals surface area contributed by atoms with E-state index < -0.39 is 0 Å². The van der Waals surface area contributed by atoms with Gasteiger partial charge in [0.2, 0.25) is 12.7 Å². The Bertz CT molecular complexity index is 1420. The zero-order valence-corrected chi connectivity index (χ0v) is 19.0. The summed E-state index contributed by atoms with van der Waals surface area (Å²) in [6.45, 7) is 2.05. The molecule has 0 atom stereocenters. The number of ether oxygens (including phenoxy) is 4. The van der Waals surface area contributed by atoms with Crippen molar-refractivity contribution >= 4 is 28.1 Å². The fourth-order valence-corrected chi connectivity index (χ4v) is 4.03. The van der Waals surface area contributed by atoms with Gasteiger partial charge in [-0.05, 0) is 36.8 Å². The van der Waals surface area contributed by atoms with Crippen LogP contribution in [0.2, 0.25) is 0 Å². The smallest absolute Gasteiger partial charge is 0.248 e. The van der Waals surface area contributed by atoms with Crippen LogP contribution < -0.4 is 24.3 Å². The van der Waals surface area contributed by atoms with E-state index in [0.717, 1.165) is 33.4 Å². The van der Waals surface area contributed by atoms with Gasteiger partial charge >= 0.3 is 0 Å². The number of anilines is 1. The Labute approximate surface area is 196 Å². The number of amides is 1. The summed E-state index contributed by atoms with van der Waals surface area (Å²) in [4.78, 5) is 12.7. The zero-order chi connectivity index (χ0) is 23.7. The molecule has 1 aromatic heterocycles. The van der Waals surface area contributed by atoms with Gasteiger partial charge in [0, 0.05) is 46.0 Å². The van der Waals surface area contributed by atoms with Crippen LogP contribution in [0.1, 0.15) is 12.5 Å². The molecule has 0 unspecified atom stereocenters. The molecule has 0 saturated carbocycles. The Kier molecular flexibility index (Phi) is 5.59. The molecule has 4 aromatic rings. The maximum Gasteiger partial charge on any atom is 0.248 e. The van der Waals surface area contributed by atoms with Gasteiger partial charge in [0.15, 0.2) is 11.5 Å². The lowest BCUT2D eigenvalue weighted by molar-refractivity contribution is -0.111. The van der Waals surface area contributed by atoms with Crippen molar-refractivity contribution in [1.29, 1.82) is 0 Å². The van der Waals surface area contributed by atoms with Crippen LogP contribution in [0.15, 0.2) is 71.4 Å². The highest BCUT2D eigenvalue weighted by molar-refractivity contribution is 6.05. The van der Waals surface area contributed by atoms with Gasteiger partial charge in [-0.3, -0.25) is 4.79 Å². The van der Waals surface area contributed by atoms with Crippen LogP contribution >= 0.6 is 0 Å². The first-order chi connectivity index (χ1) is 16.6. The Morgan fingerprint density at radius 2 is 1.74 bits per heavy atom. The average Bonchev–Trinajstić information content (AvgIpc) is 3.49. The second kappa shape index (κ2) is 8.86. The summed E-state index contributed by atoms with van der Waals surface area (Å²) in [5.41, 5.74) is 4.64. The normalized spacial score (nSPS) is 12.6. The summed E-state index contributed by atoms with van der Waals surface area (Å²) in [5.74, 6) is 2.36. The van der Waals surface area contributed by atoms with Gasteiger partial charge in [0.25, 0.3) is 0 Å². The first-order valence-corrected chi connectivity index (χ1v) is 10.7. The molecule has 1 amide bonds. The molecule has 1 aliphatic rings. The fourth-order valence-electron chi connectivity index (χ4n) is 4.03. The topological polar surface area (TPSA) is 79.2 Å². The highest BCUT2D eigenvalue weighted by Crippen LogP contribution is 2.40. The predicted octanol–water partition coefficient (Wildman–Crippen LogP) is 5.89. The van der Waals surface area contributed by atoms with Crippen molar-refractivity contribution in [3.05, 3.63) is 72.5 Å². The molecule has 1 N–H and O–H groups in total. The molecule has 0 saturated heterocycles. The van der Waals surface area contributed by atoms with Gasteiger partial charge in [-0.2, -0.15) is 0 Å². The van der Waals surface area contributed by atoms with Crippen LogP contribution in [-0.4, -0.2) is 26.9 Å². The van der Waals surface area contributed by atoms with Crippen LogP contribution in [0.25, 0.3) is 27.7 Å². The van der Waals surface area contributed by atoms with E-state index in [2.05, 4.69) is 5.32 Å². The van der Waals surface area contributed by atoms with Gasteiger partial charge in [0.05, 0.1) is 20.5 Å². The molecule has 5 rings (SSSR count). The van der Waals surface area contributed by atoms with Gasteiger partial charge in [-0.1, -0.05) is 18.2 Å². The summed E-state index contributed by atoms with van der Waals surface area (Å²) in [5, 5.41) is 3.76. The fraction of sp³-hybridized carbons (Fsp3) is 0.148. The number of hydrogen-bond acceptors (Lipinski definition) is 6. The van der Waals surface area contributed by atoms with Crippen molar-refractivity contribution in [1.82, 2.24) is 0 Å². The second-order valence-electron chi connectivity index (χ2n) is 7.78. The molecule has 2 heterocycles. The lowest BCUT2D eigenvalue weighted by atomic mass is 9.98. The van der Waals surface area contributed by atoms with Crippen molar-refractivity contribution < 1.29 is 28.2 Å². The minimum absolute atomic E-state index is 0.179. The number of allylic oxidation sites excluding steroid dienone is 1. The minimum atomic E-state index is -0.268. The summed E-state index contributed by atoms with van der Waals surface area (Å²) in [6, 6.07) is 16.8. The average molecular weight is 457 g/mol. The van der Waals surface area contributed by atoms with Gasteiger partial charge in [-0.25, -0.2) is 0 Å². The SMILES string of the molecule is COc1cc2occ(-c3ccccc3OC)c2cc1/C(C)=C/C(=O)Nc1ccc2c(c1)OCO2. The van der Waals surface area contributed by atoms with Crippen LogP contribution in [0.3, 0.4) is 0 Å². The van der Waals surface area contributed by atoms with E-state index in [1.54, 1.807) is 38.7 Å². The van der Waals surface area contributed by atoms with Gasteiger partial charge in [-0.15, -0.1) is 0 Å². The third-order valence-corrected chi connectivity index (χ3v) is 5.71. The predicted molar refractivity (Wildman–Crippen MR) is 130 cm³/mol. The van der Waals surface area contributed by atoms with Crippen molar-refractivity contribution in [3.63, 3.8) is 0 Å². The second-order valence-corrected chi connectivity index (χ2v) is 7.78. The molecular formula is C27H23NO6. The van der Waals surface area contributed by atoms with Crippen molar-refractivity contribution in [2.45, 2.75) is 6.92 Å². The van der Waals surface area contributed by atoms with E-state index in [0.29, 0.717) is 28.5 Å². The number of hydrogen-bond donors (Lipinski definition) is 1. The van der Waals surface area contributed by atoms with E-state index in [4.69, 9.17) is 23.4 Å². The molecule has 0 radical (unpaired) electrons. The summed E-state index contributed by atoms with van der Waals surface area (Å²) in [6.07, 6.45) is 3.24. The number of rotatable bonds is 6. The molecule has 0 bridgehead atoms. The van der Waals surface area contributed by atoms with Gasteiger partial charge in [0.1, 0.15) is 17.1 Å². The maximum absolute atomic E-state index is 12.7. The van der Waals surface area contributed by atoms with Gasteiger partial charge < -0.3 is 28.7 Å². The molecule has 3 aromatic carbocycles. The van der Waals surface area contributed by atoms with Crippen molar-refractivity contribution in [3.8, 4) is 34.1 Å². The van der Waals surface area contributed by atoms with Crippen LogP contribution in [0.5, 0.6) is 23.0 Å². The summed E-state index contributed by atoms with van der Waals surface area (Å²) >= 11 is 0. The third-order valence-electron chi connectivity index (χ3n) is 5.71. The summed E-state index contributed by atoms with van der Waals surface area (Å²) < 4.78 is 27.6. The van der Waals surface area contributed by atoms with E-state index in [-0.39, 0.29) is 12.7 Å². The Hall–Kier alpha value is -4.39. The summed E-state index contributed by atoms with van der Waals surface area (Å²) in [7, 11) is 3.23. The lowest BCUT2D eigenvalue weighted by Crippen LogP contribution is -2.08. The van der Waals surface area contributed by atoms with Crippen molar-refractivity contribution in [2.24, 2.45) is 0 Å². The first kappa shape index (κ1) is 21.5. The molecule has 172 valence electrons. The molecule has 34 heavy (non-hydrogen) atoms. The number of benzene rings is 3. The van der Waals surface area contributed by atoms with Crippen LogP contribution in [0, 0.1) is 0 Å². The molecule has 0 fully saturated rings. The molecular weight excluding hydrogens is 434 g/mol. The Morgan fingerprint density at radius 3 is 2.56 bits per heavy atom. The number of methoxy groups -OCH3 is 2. The Balaban J connectivity index is 1.49. The number of nitrogens with one attached hydrogen (secondary N) is 1. The number of para-hydroxylation sites is 1. The Morgan fingerprint density at radius 1 is 0.941 bits per heavy atom. The molecule has 0 aliphatic carbocycles. The number of carbonyl (C=O) groups excluding carboxylic acids is 1. The highest BCUT2D eigenvalue weighted by Gasteiger charge is 2.17. The number of fused-ring (bicyclic) bond motifs is 2. The maximum atomic E-state index is 12.7. The molecule has 1 aliphatic heterocycles. The molecule has 0 spiro atoms. The molecule has 7 heteroatoms. The highest BCUT2D eigenvalue weighted by atomic mass is 16.7. The quantitative estimate of drug-likeness (QED) is 0.364.